The van der Waals surface area contributed by atoms with Crippen molar-refractivity contribution in [2.45, 2.75) is 76.5 Å². The molecule has 3 aromatic carbocycles. The Balaban J connectivity index is 1.28. The van der Waals surface area contributed by atoms with Crippen molar-refractivity contribution in [2.24, 2.45) is 17.8 Å². The van der Waals surface area contributed by atoms with E-state index in [1.54, 1.807) is 12.1 Å². The van der Waals surface area contributed by atoms with E-state index in [2.05, 4.69) is 11.7 Å². The predicted octanol–water partition coefficient (Wildman–Crippen LogP) is 12.0. The van der Waals surface area contributed by atoms with Gasteiger partial charge in [0.1, 0.15) is 40.4 Å². The van der Waals surface area contributed by atoms with Crippen LogP contribution >= 0.6 is 0 Å². The molecule has 0 amide bonds. The highest BCUT2D eigenvalue weighted by molar-refractivity contribution is 5.65. The Morgan fingerprint density at radius 2 is 1.17 bits per heavy atom. The van der Waals surface area contributed by atoms with E-state index in [0.717, 1.165) is 49.0 Å². The zero-order valence-electron chi connectivity index (χ0n) is 24.9. The molecule has 0 atom stereocenters. The topological polar surface area (TPSA) is 9.23 Å². The van der Waals surface area contributed by atoms with Crippen molar-refractivity contribution in [2.75, 3.05) is 0 Å². The van der Waals surface area contributed by atoms with E-state index in [1.807, 2.05) is 12.1 Å². The maximum absolute atomic E-state index is 15.0. The van der Waals surface area contributed by atoms with E-state index in [-0.39, 0.29) is 17.7 Å². The number of benzene rings is 3. The number of halogens is 10. The zero-order chi connectivity index (χ0) is 33.4. The monoisotopic (exact) mass is 658 g/mol. The molecule has 0 saturated heterocycles. The van der Waals surface area contributed by atoms with Crippen molar-refractivity contribution >= 4 is 5.83 Å². The molecule has 2 saturated carbocycles. The van der Waals surface area contributed by atoms with Crippen LogP contribution in [-0.4, -0.2) is 6.18 Å². The van der Waals surface area contributed by atoms with Crippen molar-refractivity contribution in [3.8, 4) is 16.9 Å². The fourth-order valence-electron chi connectivity index (χ4n) is 6.90. The largest absolute Gasteiger partial charge is 0.432 e. The minimum atomic E-state index is -5.26. The Kier molecular flexibility index (Phi) is 9.80. The molecule has 2 fully saturated rings. The average molecular weight is 659 g/mol. The van der Waals surface area contributed by atoms with Gasteiger partial charge in [0.2, 0.25) is 0 Å². The van der Waals surface area contributed by atoms with Crippen LogP contribution in [0.3, 0.4) is 0 Å². The van der Waals surface area contributed by atoms with Gasteiger partial charge in [-0.2, -0.15) is 22.0 Å². The van der Waals surface area contributed by atoms with Gasteiger partial charge in [-0.15, -0.1) is 0 Å². The standard InChI is InChI=1S/C35H32F10O/c1-19-2-4-20(5-3-19)21-6-8-22(9-7-21)23-10-12-24(13-11-23)25-14-29(38)33(30(39)15-25)35(44,45)46-26-16-27(36)32(28(37)17-26)31(40)18-34(41,42)43/h10-22H,2-9H2,1H3/b31-18-. The average Bonchev–Trinajstić information content (AvgIpc) is 2.95. The molecule has 0 aromatic heterocycles. The zero-order valence-corrected chi connectivity index (χ0v) is 24.9. The molecule has 0 unspecified atom stereocenters. The lowest BCUT2D eigenvalue weighted by Crippen LogP contribution is -2.25. The van der Waals surface area contributed by atoms with Crippen molar-refractivity contribution in [3.05, 3.63) is 94.6 Å². The smallest absolute Gasteiger partial charge is 0.429 e. The van der Waals surface area contributed by atoms with Crippen LogP contribution in [0.25, 0.3) is 17.0 Å². The first kappa shape index (κ1) is 33.9. The van der Waals surface area contributed by atoms with E-state index in [4.69, 9.17) is 0 Å². The second-order valence-electron chi connectivity index (χ2n) is 12.5. The van der Waals surface area contributed by atoms with Crippen LogP contribution < -0.4 is 4.74 Å². The van der Waals surface area contributed by atoms with Gasteiger partial charge in [0.15, 0.2) is 0 Å². The molecule has 0 spiro atoms. The molecule has 3 aromatic rings. The third-order valence-corrected chi connectivity index (χ3v) is 9.34. The summed E-state index contributed by atoms with van der Waals surface area (Å²) >= 11 is 0. The van der Waals surface area contributed by atoms with Crippen LogP contribution in [-0.2, 0) is 6.11 Å². The molecule has 0 bridgehead atoms. The molecule has 46 heavy (non-hydrogen) atoms. The summed E-state index contributed by atoms with van der Waals surface area (Å²) in [6.07, 6.45) is -1.48. The number of alkyl halides is 5. The van der Waals surface area contributed by atoms with Crippen LogP contribution in [0.1, 0.15) is 80.9 Å². The molecule has 2 aliphatic carbocycles. The summed E-state index contributed by atoms with van der Waals surface area (Å²) in [5.74, 6) is -8.41. The summed E-state index contributed by atoms with van der Waals surface area (Å²) < 4.78 is 143. The number of rotatable bonds is 7. The second-order valence-corrected chi connectivity index (χ2v) is 12.5. The lowest BCUT2D eigenvalue weighted by atomic mass is 9.68. The number of ether oxygens (including phenoxy) is 1. The fourth-order valence-corrected chi connectivity index (χ4v) is 6.90. The molecule has 0 heterocycles. The highest BCUT2D eigenvalue weighted by Gasteiger charge is 2.42. The first-order chi connectivity index (χ1) is 21.6. The molecular formula is C35H32F10O. The second kappa shape index (κ2) is 13.3. The van der Waals surface area contributed by atoms with Crippen LogP contribution in [0, 0.1) is 41.0 Å². The normalized spacial score (nSPS) is 23.0. The maximum atomic E-state index is 15.0. The van der Waals surface area contributed by atoms with Gasteiger partial charge < -0.3 is 4.74 Å². The summed E-state index contributed by atoms with van der Waals surface area (Å²) in [6, 6.07) is 8.34. The molecule has 11 heteroatoms. The number of hydrogen-bond acceptors (Lipinski definition) is 1. The third kappa shape index (κ3) is 7.72. The van der Waals surface area contributed by atoms with Crippen LogP contribution in [0.15, 0.2) is 54.6 Å². The number of allylic oxidation sites excluding steroid dienone is 1. The van der Waals surface area contributed by atoms with Gasteiger partial charge in [-0.05, 0) is 91.0 Å². The predicted molar refractivity (Wildman–Crippen MR) is 154 cm³/mol. The van der Waals surface area contributed by atoms with Gasteiger partial charge in [0.05, 0.1) is 11.6 Å². The maximum Gasteiger partial charge on any atom is 0.432 e. The molecule has 1 nitrogen and oxygen atoms in total. The Labute approximate surface area is 260 Å². The Morgan fingerprint density at radius 3 is 1.67 bits per heavy atom. The third-order valence-electron chi connectivity index (χ3n) is 9.34. The molecule has 5 rings (SSSR count). The summed E-state index contributed by atoms with van der Waals surface area (Å²) in [4.78, 5) is 0. The van der Waals surface area contributed by atoms with Gasteiger partial charge in [0.25, 0.3) is 0 Å². The van der Waals surface area contributed by atoms with E-state index in [9.17, 15) is 43.9 Å². The Bertz CT molecular complexity index is 1520. The first-order valence-corrected chi connectivity index (χ1v) is 15.2. The van der Waals surface area contributed by atoms with E-state index < -0.39 is 64.3 Å². The SMILES string of the molecule is CC1CCC(C2CCC(c3ccc(-c4cc(F)c(C(F)(F)Oc5cc(F)c(/C(F)=C/C(F)(F)F)c(F)c5)c(F)c4)cc3)CC2)CC1. The molecule has 248 valence electrons. The van der Waals surface area contributed by atoms with E-state index >= 15 is 0 Å². The summed E-state index contributed by atoms with van der Waals surface area (Å²) in [5.41, 5.74) is -2.20. The number of hydrogen-bond donors (Lipinski definition) is 0. The van der Waals surface area contributed by atoms with Crippen molar-refractivity contribution in [3.63, 3.8) is 0 Å². The highest BCUT2D eigenvalue weighted by Crippen LogP contribution is 2.44. The summed E-state index contributed by atoms with van der Waals surface area (Å²) in [5, 5.41) is 0. The summed E-state index contributed by atoms with van der Waals surface area (Å²) in [6.45, 7) is 2.31. The van der Waals surface area contributed by atoms with Crippen molar-refractivity contribution in [1.29, 1.82) is 0 Å². The van der Waals surface area contributed by atoms with Crippen molar-refractivity contribution < 1.29 is 48.6 Å². The van der Waals surface area contributed by atoms with Gasteiger partial charge in [-0.1, -0.05) is 44.0 Å². The first-order valence-electron chi connectivity index (χ1n) is 15.2. The van der Waals surface area contributed by atoms with Crippen LogP contribution in [0.4, 0.5) is 43.9 Å². The Hall–Kier alpha value is -3.50. The highest BCUT2D eigenvalue weighted by atomic mass is 19.4. The van der Waals surface area contributed by atoms with Gasteiger partial charge in [0, 0.05) is 12.1 Å². The quantitative estimate of drug-likeness (QED) is 0.230. The summed E-state index contributed by atoms with van der Waals surface area (Å²) in [7, 11) is 0. The van der Waals surface area contributed by atoms with Gasteiger partial charge in [-0.25, -0.2) is 22.0 Å². The van der Waals surface area contributed by atoms with Crippen LogP contribution in [0.5, 0.6) is 5.75 Å². The molecular weight excluding hydrogens is 626 g/mol. The molecule has 0 radical (unpaired) electrons. The minimum Gasteiger partial charge on any atom is -0.429 e. The lowest BCUT2D eigenvalue weighted by Gasteiger charge is -2.37. The Morgan fingerprint density at radius 1 is 0.674 bits per heavy atom. The fraction of sp³-hybridized carbons (Fsp3) is 0.429. The van der Waals surface area contributed by atoms with E-state index in [0.29, 0.717) is 23.6 Å². The molecule has 2 aliphatic rings. The van der Waals surface area contributed by atoms with Gasteiger partial charge in [-0.3, -0.25) is 0 Å². The lowest BCUT2D eigenvalue weighted by molar-refractivity contribution is -0.189. The van der Waals surface area contributed by atoms with Crippen molar-refractivity contribution in [1.82, 2.24) is 0 Å². The molecule has 0 aliphatic heterocycles. The van der Waals surface area contributed by atoms with Gasteiger partial charge >= 0.3 is 12.3 Å². The van der Waals surface area contributed by atoms with E-state index in [1.165, 1.54) is 25.7 Å². The minimum absolute atomic E-state index is 0.0231. The molecule has 0 N–H and O–H groups in total. The van der Waals surface area contributed by atoms with Crippen LogP contribution in [0.2, 0.25) is 0 Å².